The van der Waals surface area contributed by atoms with Crippen LogP contribution in [0.3, 0.4) is 0 Å². The Balaban J connectivity index is 3.12. The van der Waals surface area contributed by atoms with Crippen LogP contribution in [0.5, 0.6) is 0 Å². The number of hydrogen-bond acceptors (Lipinski definition) is 0. The molecule has 1 atom stereocenters. The molecule has 0 heterocycles. The maximum absolute atomic E-state index is 12.4. The first-order valence-corrected chi connectivity index (χ1v) is 3.59. The second-order valence-corrected chi connectivity index (χ2v) is 2.35. The monoisotopic (exact) mass is 154 g/mol. The molecule has 0 spiro atoms. The fourth-order valence-corrected chi connectivity index (χ4v) is 0.764. The Morgan fingerprint density at radius 3 is 2.00 bits per heavy atom. The van der Waals surface area contributed by atoms with Gasteiger partial charge in [0.05, 0.1) is 0 Å². The van der Waals surface area contributed by atoms with Gasteiger partial charge in [-0.2, -0.15) is 0 Å². The second-order valence-electron chi connectivity index (χ2n) is 2.35. The van der Waals surface area contributed by atoms with Crippen molar-refractivity contribution in [3.8, 4) is 0 Å². The topological polar surface area (TPSA) is 0 Å². The van der Waals surface area contributed by atoms with Gasteiger partial charge < -0.3 is 0 Å². The average Bonchev–Trinajstić information content (AvgIpc) is 1.85. The van der Waals surface area contributed by atoms with Crippen molar-refractivity contribution in [3.05, 3.63) is 0 Å². The number of rotatable bonds is 5. The highest BCUT2D eigenvalue weighted by Crippen LogP contribution is 2.12. The lowest BCUT2D eigenvalue weighted by atomic mass is 10.1. The van der Waals surface area contributed by atoms with E-state index in [1.54, 1.807) is 0 Å². The van der Waals surface area contributed by atoms with Crippen LogP contribution in [-0.4, -0.2) is 12.6 Å². The van der Waals surface area contributed by atoms with Crippen molar-refractivity contribution in [2.45, 2.75) is 45.2 Å². The van der Waals surface area contributed by atoms with Crippen LogP contribution in [0.25, 0.3) is 0 Å². The van der Waals surface area contributed by atoms with Gasteiger partial charge in [-0.3, -0.25) is 0 Å². The minimum atomic E-state index is -2.35. The number of halogens is 3. The summed E-state index contributed by atoms with van der Waals surface area (Å²) in [6, 6.07) is 0. The van der Waals surface area contributed by atoms with Crippen molar-refractivity contribution in [2.75, 3.05) is 0 Å². The van der Waals surface area contributed by atoms with E-state index in [2.05, 4.69) is 0 Å². The van der Waals surface area contributed by atoms with Gasteiger partial charge in [-0.1, -0.05) is 13.3 Å². The third kappa shape index (κ3) is 5.92. The van der Waals surface area contributed by atoms with E-state index in [0.29, 0.717) is 6.42 Å². The molecule has 0 saturated carbocycles. The molecule has 0 radical (unpaired) electrons. The highest BCUT2D eigenvalue weighted by molar-refractivity contribution is 4.55. The molecule has 62 valence electrons. The van der Waals surface area contributed by atoms with Crippen molar-refractivity contribution in [1.29, 1.82) is 0 Å². The van der Waals surface area contributed by atoms with Gasteiger partial charge in [0.15, 0.2) is 0 Å². The Kier molecular flexibility index (Phi) is 5.45. The van der Waals surface area contributed by atoms with Crippen molar-refractivity contribution in [2.24, 2.45) is 0 Å². The highest BCUT2D eigenvalue weighted by Gasteiger charge is 2.09. The Hall–Kier alpha value is -0.210. The third-order valence-electron chi connectivity index (χ3n) is 1.30. The molecule has 3 heteroatoms. The zero-order chi connectivity index (χ0) is 7.98. The molecule has 0 aromatic heterocycles. The van der Waals surface area contributed by atoms with E-state index in [-0.39, 0.29) is 12.8 Å². The quantitative estimate of drug-likeness (QED) is 0.570. The van der Waals surface area contributed by atoms with Crippen LogP contribution in [0.4, 0.5) is 13.2 Å². The van der Waals surface area contributed by atoms with E-state index in [9.17, 15) is 13.2 Å². The Morgan fingerprint density at radius 1 is 1.00 bits per heavy atom. The smallest absolute Gasteiger partial charge is 0.238 e. The van der Waals surface area contributed by atoms with E-state index in [1.165, 1.54) is 0 Å². The van der Waals surface area contributed by atoms with Gasteiger partial charge in [0.25, 0.3) is 0 Å². The summed E-state index contributed by atoms with van der Waals surface area (Å²) < 4.78 is 35.4. The van der Waals surface area contributed by atoms with Crippen LogP contribution in [0, 0.1) is 0 Å². The lowest BCUT2D eigenvalue weighted by Crippen LogP contribution is -2.02. The number of alkyl halides is 3. The lowest BCUT2D eigenvalue weighted by molar-refractivity contribution is 0.120. The van der Waals surface area contributed by atoms with E-state index in [4.69, 9.17) is 0 Å². The standard InChI is InChI=1S/C7H13F3/c1-2-3-6(8)4-5-7(9)10/h6-7H,2-5H2,1H3/t6-/m0/s1. The van der Waals surface area contributed by atoms with Crippen molar-refractivity contribution >= 4 is 0 Å². The van der Waals surface area contributed by atoms with Gasteiger partial charge in [0, 0.05) is 6.42 Å². The molecule has 10 heavy (non-hydrogen) atoms. The molecule has 0 aliphatic carbocycles. The minimum Gasteiger partial charge on any atom is -0.247 e. The number of hydrogen-bond donors (Lipinski definition) is 0. The first-order chi connectivity index (χ1) is 4.66. The Morgan fingerprint density at radius 2 is 1.60 bits per heavy atom. The molecule has 0 amide bonds. The molecule has 0 saturated heterocycles. The van der Waals surface area contributed by atoms with Gasteiger partial charge in [-0.15, -0.1) is 0 Å². The predicted molar refractivity (Wildman–Crippen MR) is 35.0 cm³/mol. The molecule has 0 rings (SSSR count). The first kappa shape index (κ1) is 9.79. The van der Waals surface area contributed by atoms with E-state index in [0.717, 1.165) is 6.42 Å². The van der Waals surface area contributed by atoms with Crippen LogP contribution >= 0.6 is 0 Å². The SMILES string of the molecule is CCC[C@H](F)CCC(F)F. The van der Waals surface area contributed by atoms with Gasteiger partial charge in [-0.05, 0) is 12.8 Å². The summed E-state index contributed by atoms with van der Waals surface area (Å²) in [6.07, 6.45) is -2.54. The molecule has 0 fully saturated rings. The van der Waals surface area contributed by atoms with E-state index in [1.807, 2.05) is 6.92 Å². The fraction of sp³-hybridized carbons (Fsp3) is 1.00. The molecule has 0 aromatic carbocycles. The van der Waals surface area contributed by atoms with Crippen molar-refractivity contribution < 1.29 is 13.2 Å². The second kappa shape index (κ2) is 5.57. The van der Waals surface area contributed by atoms with Crippen LogP contribution in [-0.2, 0) is 0 Å². The first-order valence-electron chi connectivity index (χ1n) is 3.59. The summed E-state index contributed by atoms with van der Waals surface area (Å²) in [7, 11) is 0. The molecular weight excluding hydrogens is 141 g/mol. The maximum atomic E-state index is 12.4. The molecular formula is C7H13F3. The molecule has 0 aliphatic heterocycles. The predicted octanol–water partition coefficient (Wildman–Crippen LogP) is 3.17. The summed E-state index contributed by atoms with van der Waals surface area (Å²) in [5.74, 6) is 0. The van der Waals surface area contributed by atoms with E-state index >= 15 is 0 Å². The molecule has 0 aromatic rings. The van der Waals surface area contributed by atoms with Crippen LogP contribution in [0.1, 0.15) is 32.6 Å². The average molecular weight is 154 g/mol. The molecule has 0 nitrogen and oxygen atoms in total. The molecule has 0 unspecified atom stereocenters. The summed E-state index contributed by atoms with van der Waals surface area (Å²) >= 11 is 0. The van der Waals surface area contributed by atoms with Crippen molar-refractivity contribution in [3.63, 3.8) is 0 Å². The highest BCUT2D eigenvalue weighted by atomic mass is 19.3. The third-order valence-corrected chi connectivity index (χ3v) is 1.30. The van der Waals surface area contributed by atoms with Crippen LogP contribution in [0.15, 0.2) is 0 Å². The van der Waals surface area contributed by atoms with E-state index < -0.39 is 12.6 Å². The molecule has 0 bridgehead atoms. The van der Waals surface area contributed by atoms with Gasteiger partial charge >= 0.3 is 0 Å². The minimum absolute atomic E-state index is 0.00546. The Bertz CT molecular complexity index is 73.3. The van der Waals surface area contributed by atoms with Crippen LogP contribution < -0.4 is 0 Å². The van der Waals surface area contributed by atoms with Crippen molar-refractivity contribution in [1.82, 2.24) is 0 Å². The lowest BCUT2D eigenvalue weighted by Gasteiger charge is -2.04. The fourth-order valence-electron chi connectivity index (χ4n) is 0.764. The molecule has 0 N–H and O–H groups in total. The summed E-state index contributed by atoms with van der Waals surface area (Å²) in [5.41, 5.74) is 0. The van der Waals surface area contributed by atoms with Gasteiger partial charge in [0.2, 0.25) is 6.43 Å². The maximum Gasteiger partial charge on any atom is 0.238 e. The normalized spacial score (nSPS) is 14.1. The van der Waals surface area contributed by atoms with Crippen LogP contribution in [0.2, 0.25) is 0 Å². The van der Waals surface area contributed by atoms with Gasteiger partial charge in [-0.25, -0.2) is 13.2 Å². The molecule has 0 aliphatic rings. The summed E-state index contributed by atoms with van der Waals surface area (Å²) in [4.78, 5) is 0. The Labute approximate surface area is 59.4 Å². The van der Waals surface area contributed by atoms with Gasteiger partial charge in [0.1, 0.15) is 6.17 Å². The zero-order valence-electron chi connectivity index (χ0n) is 6.12. The zero-order valence-corrected chi connectivity index (χ0v) is 6.12. The summed E-state index contributed by atoms with van der Waals surface area (Å²) in [5, 5.41) is 0. The largest absolute Gasteiger partial charge is 0.247 e. The summed E-state index contributed by atoms with van der Waals surface area (Å²) in [6.45, 7) is 1.84.